The van der Waals surface area contributed by atoms with Crippen molar-refractivity contribution in [3.63, 3.8) is 0 Å². The summed E-state index contributed by atoms with van der Waals surface area (Å²) in [5.41, 5.74) is 5.36. The first-order valence-corrected chi connectivity index (χ1v) is 14.7. The van der Waals surface area contributed by atoms with Crippen LogP contribution in [0.3, 0.4) is 0 Å². The van der Waals surface area contributed by atoms with Crippen molar-refractivity contribution < 1.29 is 19.7 Å². The van der Waals surface area contributed by atoms with Gasteiger partial charge in [0.2, 0.25) is 0 Å². The van der Waals surface area contributed by atoms with Gasteiger partial charge >= 0.3 is 0 Å². The van der Waals surface area contributed by atoms with Crippen LogP contribution < -0.4 is 0 Å². The molecule has 12 heteroatoms. The van der Waals surface area contributed by atoms with Gasteiger partial charge in [-0.25, -0.2) is 19.9 Å². The predicted octanol–water partition coefficient (Wildman–Crippen LogP) is 4.29. The van der Waals surface area contributed by atoms with Crippen LogP contribution in [0.25, 0.3) is 44.1 Å². The molecule has 8 heterocycles. The Labute approximate surface area is 241 Å². The molecule has 0 spiro atoms. The SMILES string of the molecule is CC(O)c1nc2cnc3[nH]ccc3c2n1CC1CCCO1.CC(O)c1nc2cnc3[nH]ccc3c2n1CC1CCCO1. The fraction of sp³-hybridized carbons (Fsp3) is 0.467. The highest BCUT2D eigenvalue weighted by Crippen LogP contribution is 2.30. The number of ether oxygens (including phenoxy) is 2. The summed E-state index contributed by atoms with van der Waals surface area (Å²) in [5, 5.41) is 22.2. The summed E-state index contributed by atoms with van der Waals surface area (Å²) >= 11 is 0. The van der Waals surface area contributed by atoms with Crippen molar-refractivity contribution in [1.29, 1.82) is 0 Å². The lowest BCUT2D eigenvalue weighted by atomic mass is 10.2. The molecule has 0 aromatic carbocycles. The highest BCUT2D eigenvalue weighted by molar-refractivity contribution is 6.02. The fourth-order valence-corrected chi connectivity index (χ4v) is 6.29. The molecule has 6 aromatic rings. The molecule has 220 valence electrons. The van der Waals surface area contributed by atoms with E-state index in [0.29, 0.717) is 11.6 Å². The summed E-state index contributed by atoms with van der Waals surface area (Å²) in [5.74, 6) is 1.35. The van der Waals surface area contributed by atoms with Gasteiger partial charge in [0.15, 0.2) is 0 Å². The van der Waals surface area contributed by atoms with Crippen LogP contribution in [0.1, 0.15) is 63.4 Å². The van der Waals surface area contributed by atoms with Crippen molar-refractivity contribution in [2.75, 3.05) is 13.2 Å². The maximum atomic E-state index is 10.0. The van der Waals surface area contributed by atoms with Gasteiger partial charge in [0.25, 0.3) is 0 Å². The zero-order valence-electron chi connectivity index (χ0n) is 23.8. The van der Waals surface area contributed by atoms with Gasteiger partial charge in [-0.05, 0) is 51.7 Å². The van der Waals surface area contributed by atoms with Gasteiger partial charge in [0.05, 0.1) is 48.7 Å². The number of hydrogen-bond acceptors (Lipinski definition) is 8. The van der Waals surface area contributed by atoms with Gasteiger partial charge in [0.1, 0.15) is 46.2 Å². The van der Waals surface area contributed by atoms with E-state index >= 15 is 0 Å². The number of imidazole rings is 2. The first kappa shape index (κ1) is 27.0. The molecule has 2 saturated heterocycles. The van der Waals surface area contributed by atoms with Crippen LogP contribution in [0.2, 0.25) is 0 Å². The normalized spacial score (nSPS) is 20.6. The highest BCUT2D eigenvalue weighted by atomic mass is 16.5. The van der Waals surface area contributed by atoms with Crippen LogP contribution in [0.5, 0.6) is 0 Å². The van der Waals surface area contributed by atoms with E-state index in [0.717, 1.165) is 96.1 Å². The molecule has 2 fully saturated rings. The molecule has 0 radical (unpaired) electrons. The summed E-state index contributed by atoms with van der Waals surface area (Å²) in [6.45, 7) is 6.58. The van der Waals surface area contributed by atoms with Crippen LogP contribution in [0.4, 0.5) is 0 Å². The summed E-state index contributed by atoms with van der Waals surface area (Å²) < 4.78 is 15.7. The van der Waals surface area contributed by atoms with Gasteiger partial charge in [-0.15, -0.1) is 0 Å². The molecular formula is C30H36N8O4. The lowest BCUT2D eigenvalue weighted by molar-refractivity contribution is 0.0938. The van der Waals surface area contributed by atoms with Crippen molar-refractivity contribution in [3.8, 4) is 0 Å². The number of aromatic amines is 2. The Morgan fingerprint density at radius 2 is 1.24 bits per heavy atom. The Bertz CT molecular complexity index is 1700. The molecule has 6 aromatic heterocycles. The van der Waals surface area contributed by atoms with Gasteiger partial charge in [0, 0.05) is 36.4 Å². The molecule has 8 rings (SSSR count). The molecule has 0 saturated carbocycles. The lowest BCUT2D eigenvalue weighted by Crippen LogP contribution is -2.18. The monoisotopic (exact) mass is 572 g/mol. The molecule has 2 aliphatic rings. The summed E-state index contributed by atoms with van der Waals surface area (Å²) in [6, 6.07) is 4.01. The molecule has 0 bridgehead atoms. The number of aliphatic hydroxyl groups is 2. The van der Waals surface area contributed by atoms with Gasteiger partial charge < -0.3 is 38.8 Å². The second-order valence-corrected chi connectivity index (χ2v) is 11.2. The van der Waals surface area contributed by atoms with Crippen molar-refractivity contribution in [2.45, 2.75) is 77.0 Å². The Balaban J connectivity index is 0.000000137. The smallest absolute Gasteiger partial charge is 0.139 e. The quantitative estimate of drug-likeness (QED) is 0.231. The standard InChI is InChI=1S/2C15H18N4O2/c2*1-9(20)15-18-12-7-17-14-11(4-5-16-14)13(12)19(15)8-10-3-2-6-21-10/h2*4-5,7,9-10,20H,2-3,6,8H2,1H3,(H,16,17). The molecule has 4 unspecified atom stereocenters. The first-order chi connectivity index (χ1) is 20.5. The van der Waals surface area contributed by atoms with E-state index in [1.807, 2.05) is 24.5 Å². The van der Waals surface area contributed by atoms with Crippen molar-refractivity contribution in [3.05, 3.63) is 48.6 Å². The maximum absolute atomic E-state index is 10.0. The number of fused-ring (bicyclic) bond motifs is 6. The van der Waals surface area contributed by atoms with Crippen LogP contribution in [0, 0.1) is 0 Å². The Morgan fingerprint density at radius 1 is 0.786 bits per heavy atom. The fourth-order valence-electron chi connectivity index (χ4n) is 6.29. The summed E-state index contributed by atoms with van der Waals surface area (Å²) in [7, 11) is 0. The molecule has 42 heavy (non-hydrogen) atoms. The van der Waals surface area contributed by atoms with Crippen LogP contribution in [-0.2, 0) is 22.6 Å². The van der Waals surface area contributed by atoms with Crippen molar-refractivity contribution in [1.82, 2.24) is 39.0 Å². The van der Waals surface area contributed by atoms with E-state index in [9.17, 15) is 10.2 Å². The predicted molar refractivity (Wildman–Crippen MR) is 158 cm³/mol. The maximum Gasteiger partial charge on any atom is 0.139 e. The van der Waals surface area contributed by atoms with Crippen LogP contribution in [-0.4, -0.2) is 74.7 Å². The summed E-state index contributed by atoms with van der Waals surface area (Å²) in [4.78, 5) is 24.1. The number of H-pyrrole nitrogens is 2. The molecule has 0 amide bonds. The largest absolute Gasteiger partial charge is 0.385 e. The van der Waals surface area contributed by atoms with Crippen molar-refractivity contribution in [2.24, 2.45) is 0 Å². The molecular weight excluding hydrogens is 536 g/mol. The number of pyridine rings is 2. The van der Waals surface area contributed by atoms with E-state index in [1.54, 1.807) is 26.2 Å². The third-order valence-corrected chi connectivity index (χ3v) is 8.21. The van der Waals surface area contributed by atoms with E-state index < -0.39 is 12.2 Å². The van der Waals surface area contributed by atoms with Gasteiger partial charge in [-0.1, -0.05) is 0 Å². The number of aromatic nitrogens is 8. The van der Waals surface area contributed by atoms with Gasteiger partial charge in [-0.3, -0.25) is 0 Å². The van der Waals surface area contributed by atoms with E-state index in [-0.39, 0.29) is 12.2 Å². The highest BCUT2D eigenvalue weighted by Gasteiger charge is 2.24. The minimum absolute atomic E-state index is 0.196. The third kappa shape index (κ3) is 4.83. The minimum Gasteiger partial charge on any atom is -0.385 e. The Kier molecular flexibility index (Phi) is 7.14. The lowest BCUT2D eigenvalue weighted by Gasteiger charge is -2.15. The van der Waals surface area contributed by atoms with E-state index in [1.165, 1.54) is 0 Å². The minimum atomic E-state index is -0.618. The van der Waals surface area contributed by atoms with Gasteiger partial charge in [-0.2, -0.15) is 0 Å². The molecule has 4 N–H and O–H groups in total. The van der Waals surface area contributed by atoms with E-state index in [4.69, 9.17) is 9.47 Å². The third-order valence-electron chi connectivity index (χ3n) is 8.21. The van der Waals surface area contributed by atoms with Crippen LogP contribution >= 0.6 is 0 Å². The molecule has 0 aliphatic carbocycles. The van der Waals surface area contributed by atoms with Crippen LogP contribution in [0.15, 0.2) is 36.9 Å². The molecule has 4 atom stereocenters. The van der Waals surface area contributed by atoms with Crippen molar-refractivity contribution >= 4 is 44.1 Å². The topological polar surface area (TPSA) is 152 Å². The molecule has 2 aliphatic heterocycles. The summed E-state index contributed by atoms with van der Waals surface area (Å²) in [6.07, 6.45) is 10.7. The zero-order valence-corrected chi connectivity index (χ0v) is 23.8. The average molecular weight is 573 g/mol. The number of nitrogens with one attached hydrogen (secondary N) is 2. The van der Waals surface area contributed by atoms with E-state index in [2.05, 4.69) is 39.0 Å². The second-order valence-electron chi connectivity index (χ2n) is 11.2. The Morgan fingerprint density at radius 3 is 1.62 bits per heavy atom. The Hall–Kier alpha value is -3.84. The number of rotatable bonds is 6. The number of aliphatic hydroxyl groups excluding tert-OH is 2. The average Bonchev–Trinajstić information content (AvgIpc) is 3.80. The number of hydrogen-bond donors (Lipinski definition) is 4. The molecule has 12 nitrogen and oxygen atoms in total. The first-order valence-electron chi connectivity index (χ1n) is 14.7. The zero-order chi connectivity index (χ0) is 28.8. The number of nitrogens with zero attached hydrogens (tertiary/aromatic N) is 6. The second kappa shape index (κ2) is 11.1.